The largest absolute Gasteiger partial charge is 0.399 e. The number of benzene rings is 1. The molecule has 0 heterocycles. The second-order valence-corrected chi connectivity index (χ2v) is 2.75. The number of nitrogens with two attached hydrogens (primary N) is 2. The van der Waals surface area contributed by atoms with Gasteiger partial charge in [0.25, 0.3) is 0 Å². The highest BCUT2D eigenvalue weighted by Crippen LogP contribution is 2.14. The van der Waals surface area contributed by atoms with Crippen molar-refractivity contribution in [1.82, 2.24) is 0 Å². The lowest BCUT2D eigenvalue weighted by atomic mass is 10.2. The lowest BCUT2D eigenvalue weighted by Crippen LogP contribution is -1.99. The molecule has 0 aromatic heterocycles. The smallest absolute Gasteiger partial charge is 0.113 e. The second kappa shape index (κ2) is 4.67. The van der Waals surface area contributed by atoms with Gasteiger partial charge in [-0.15, -0.1) is 0 Å². The van der Waals surface area contributed by atoms with Crippen LogP contribution in [0.2, 0.25) is 0 Å². The van der Waals surface area contributed by atoms with E-state index < -0.39 is 6.67 Å². The Morgan fingerprint density at radius 1 is 1.15 bits per heavy atom. The van der Waals surface area contributed by atoms with Gasteiger partial charge in [-0.25, -0.2) is 4.39 Å². The van der Waals surface area contributed by atoms with E-state index in [1.807, 2.05) is 0 Å². The van der Waals surface area contributed by atoms with Crippen molar-refractivity contribution < 1.29 is 9.13 Å². The molecule has 0 saturated carbocycles. The van der Waals surface area contributed by atoms with E-state index in [1.165, 1.54) is 0 Å². The van der Waals surface area contributed by atoms with Crippen molar-refractivity contribution in [2.45, 2.75) is 6.61 Å². The predicted molar refractivity (Wildman–Crippen MR) is 50.9 cm³/mol. The maximum absolute atomic E-state index is 11.7. The van der Waals surface area contributed by atoms with Crippen LogP contribution in [0, 0.1) is 0 Å². The van der Waals surface area contributed by atoms with Crippen LogP contribution in [0.4, 0.5) is 15.8 Å². The summed E-state index contributed by atoms with van der Waals surface area (Å²) in [7, 11) is 0. The SMILES string of the molecule is Nc1cc(N)cc(COCCF)c1. The van der Waals surface area contributed by atoms with Crippen molar-refractivity contribution >= 4 is 11.4 Å². The molecule has 0 fully saturated rings. The summed E-state index contributed by atoms with van der Waals surface area (Å²) in [5.74, 6) is 0. The first-order chi connectivity index (χ1) is 6.22. The molecule has 0 spiro atoms. The summed E-state index contributed by atoms with van der Waals surface area (Å²) < 4.78 is 16.7. The van der Waals surface area contributed by atoms with Crippen molar-refractivity contribution in [1.29, 1.82) is 0 Å². The molecule has 0 aliphatic heterocycles. The highest BCUT2D eigenvalue weighted by Gasteiger charge is 1.96. The Labute approximate surface area is 76.5 Å². The topological polar surface area (TPSA) is 61.3 Å². The van der Waals surface area contributed by atoms with Crippen LogP contribution in [0.25, 0.3) is 0 Å². The number of alkyl halides is 1. The van der Waals surface area contributed by atoms with Gasteiger partial charge in [0.1, 0.15) is 6.67 Å². The number of ether oxygens (including phenoxy) is 1. The van der Waals surface area contributed by atoms with Crippen molar-refractivity contribution in [3.63, 3.8) is 0 Å². The molecule has 3 nitrogen and oxygen atoms in total. The van der Waals surface area contributed by atoms with Crippen LogP contribution in [0.5, 0.6) is 0 Å². The minimum absolute atomic E-state index is 0.106. The summed E-state index contributed by atoms with van der Waals surface area (Å²) >= 11 is 0. The molecule has 4 N–H and O–H groups in total. The molecule has 0 amide bonds. The zero-order chi connectivity index (χ0) is 9.68. The first-order valence-electron chi connectivity index (χ1n) is 4.01. The molecular formula is C9H13FN2O. The summed E-state index contributed by atoms with van der Waals surface area (Å²) in [5.41, 5.74) is 13.2. The molecule has 4 heteroatoms. The van der Waals surface area contributed by atoms with Gasteiger partial charge in [-0.1, -0.05) is 0 Å². The van der Waals surface area contributed by atoms with E-state index in [9.17, 15) is 4.39 Å². The number of anilines is 2. The minimum Gasteiger partial charge on any atom is -0.399 e. The van der Waals surface area contributed by atoms with E-state index in [4.69, 9.17) is 16.2 Å². The van der Waals surface area contributed by atoms with Gasteiger partial charge in [0.05, 0.1) is 13.2 Å². The third-order valence-corrected chi connectivity index (χ3v) is 1.53. The van der Waals surface area contributed by atoms with Gasteiger partial charge in [-0.2, -0.15) is 0 Å². The average Bonchev–Trinajstić information content (AvgIpc) is 2.03. The van der Waals surface area contributed by atoms with E-state index in [-0.39, 0.29) is 6.61 Å². The number of hydrogen-bond acceptors (Lipinski definition) is 3. The molecule has 0 saturated heterocycles. The first kappa shape index (κ1) is 9.80. The van der Waals surface area contributed by atoms with Crippen LogP contribution in [0.3, 0.4) is 0 Å². The van der Waals surface area contributed by atoms with Gasteiger partial charge in [-0.05, 0) is 23.8 Å². The van der Waals surface area contributed by atoms with Gasteiger partial charge >= 0.3 is 0 Å². The van der Waals surface area contributed by atoms with E-state index in [0.29, 0.717) is 18.0 Å². The molecule has 1 aromatic rings. The van der Waals surface area contributed by atoms with Gasteiger partial charge in [0.2, 0.25) is 0 Å². The molecule has 0 radical (unpaired) electrons. The predicted octanol–water partition coefficient (Wildman–Crippen LogP) is 1.34. The Morgan fingerprint density at radius 3 is 2.31 bits per heavy atom. The standard InChI is InChI=1S/C9H13FN2O/c10-1-2-13-6-7-3-8(11)5-9(12)4-7/h3-5H,1-2,6,11-12H2. The Hall–Kier alpha value is -1.29. The van der Waals surface area contributed by atoms with Gasteiger partial charge < -0.3 is 16.2 Å². The van der Waals surface area contributed by atoms with Crippen LogP contribution in [0.15, 0.2) is 18.2 Å². The highest BCUT2D eigenvalue weighted by atomic mass is 19.1. The van der Waals surface area contributed by atoms with E-state index in [0.717, 1.165) is 5.56 Å². The summed E-state index contributed by atoms with van der Waals surface area (Å²) in [6, 6.07) is 5.18. The number of nitrogen functional groups attached to an aromatic ring is 2. The monoisotopic (exact) mass is 184 g/mol. The fourth-order valence-electron chi connectivity index (χ4n) is 1.07. The van der Waals surface area contributed by atoms with Crippen molar-refractivity contribution in [2.75, 3.05) is 24.7 Å². The number of rotatable bonds is 4. The zero-order valence-corrected chi connectivity index (χ0v) is 7.29. The number of hydrogen-bond donors (Lipinski definition) is 2. The lowest BCUT2D eigenvalue weighted by Gasteiger charge is -2.04. The molecule has 0 aliphatic carbocycles. The molecule has 0 bridgehead atoms. The second-order valence-electron chi connectivity index (χ2n) is 2.75. The fourth-order valence-corrected chi connectivity index (χ4v) is 1.07. The molecule has 0 aliphatic rings. The average molecular weight is 184 g/mol. The van der Waals surface area contributed by atoms with Crippen LogP contribution in [-0.2, 0) is 11.3 Å². The van der Waals surface area contributed by atoms with Crippen LogP contribution in [0.1, 0.15) is 5.56 Å². The minimum atomic E-state index is -0.474. The third-order valence-electron chi connectivity index (χ3n) is 1.53. The third kappa shape index (κ3) is 3.29. The Morgan fingerprint density at radius 2 is 1.77 bits per heavy atom. The summed E-state index contributed by atoms with van der Waals surface area (Å²) in [6.45, 7) is -0.0222. The van der Waals surface area contributed by atoms with Crippen molar-refractivity contribution in [3.05, 3.63) is 23.8 Å². The lowest BCUT2D eigenvalue weighted by molar-refractivity contribution is 0.106. The summed E-state index contributed by atoms with van der Waals surface area (Å²) in [6.07, 6.45) is 0. The maximum Gasteiger partial charge on any atom is 0.113 e. The van der Waals surface area contributed by atoms with Crippen LogP contribution >= 0.6 is 0 Å². The molecule has 1 rings (SSSR count). The van der Waals surface area contributed by atoms with E-state index >= 15 is 0 Å². The van der Waals surface area contributed by atoms with Crippen LogP contribution < -0.4 is 11.5 Å². The Kier molecular flexibility index (Phi) is 3.52. The molecule has 1 aromatic carbocycles. The van der Waals surface area contributed by atoms with Gasteiger partial charge in [0.15, 0.2) is 0 Å². The Bertz CT molecular complexity index is 258. The van der Waals surface area contributed by atoms with Crippen molar-refractivity contribution in [2.24, 2.45) is 0 Å². The quantitative estimate of drug-likeness (QED) is 0.548. The maximum atomic E-state index is 11.7. The fraction of sp³-hybridized carbons (Fsp3) is 0.333. The molecule has 0 unspecified atom stereocenters. The summed E-state index contributed by atoms with van der Waals surface area (Å²) in [4.78, 5) is 0. The van der Waals surface area contributed by atoms with E-state index in [1.54, 1.807) is 18.2 Å². The Balaban J connectivity index is 2.56. The van der Waals surface area contributed by atoms with Gasteiger partial charge in [0, 0.05) is 11.4 Å². The van der Waals surface area contributed by atoms with Crippen LogP contribution in [-0.4, -0.2) is 13.3 Å². The molecular weight excluding hydrogens is 171 g/mol. The summed E-state index contributed by atoms with van der Waals surface area (Å²) in [5, 5.41) is 0. The molecule has 13 heavy (non-hydrogen) atoms. The van der Waals surface area contributed by atoms with E-state index in [2.05, 4.69) is 0 Å². The number of halogens is 1. The highest BCUT2D eigenvalue weighted by molar-refractivity contribution is 5.54. The normalized spacial score (nSPS) is 10.2. The van der Waals surface area contributed by atoms with Gasteiger partial charge in [-0.3, -0.25) is 0 Å². The van der Waals surface area contributed by atoms with Crippen molar-refractivity contribution in [3.8, 4) is 0 Å². The molecule has 72 valence electrons. The zero-order valence-electron chi connectivity index (χ0n) is 7.29. The molecule has 0 atom stereocenters. The first-order valence-corrected chi connectivity index (χ1v) is 4.01.